The molecule has 0 aliphatic carbocycles. The first-order chi connectivity index (χ1) is 9.90. The van der Waals surface area contributed by atoms with Crippen LogP contribution < -0.4 is 0 Å². The third-order valence-corrected chi connectivity index (χ3v) is 4.73. The van der Waals surface area contributed by atoms with Crippen molar-refractivity contribution in [2.24, 2.45) is 0 Å². The lowest BCUT2D eigenvalue weighted by Crippen LogP contribution is -2.23. The summed E-state index contributed by atoms with van der Waals surface area (Å²) >= 11 is 5.81. The van der Waals surface area contributed by atoms with Crippen LogP contribution in [-0.2, 0) is 10.8 Å². The Hall–Kier alpha value is -1.59. The van der Waals surface area contributed by atoms with Gasteiger partial charge in [-0.05, 0) is 37.3 Å². The number of halogens is 3. The second-order valence-electron chi connectivity index (χ2n) is 4.39. The number of hydrogen-bond acceptors (Lipinski definition) is 2. The Kier molecular flexibility index (Phi) is 4.85. The number of benzene rings is 2. The van der Waals surface area contributed by atoms with E-state index >= 15 is 0 Å². The molecule has 0 bridgehead atoms. The third kappa shape index (κ3) is 3.54. The molecule has 0 fully saturated rings. The Bertz CT molecular complexity index is 719. The van der Waals surface area contributed by atoms with Gasteiger partial charge in [-0.15, -0.1) is 0 Å². The molecule has 0 saturated carbocycles. The predicted octanol–water partition coefficient (Wildman–Crippen LogP) is 4.00. The Morgan fingerprint density at radius 1 is 1.19 bits per heavy atom. The average Bonchev–Trinajstić information content (AvgIpc) is 2.45. The highest BCUT2D eigenvalue weighted by Crippen LogP contribution is 2.20. The molecule has 2 rings (SSSR count). The summed E-state index contributed by atoms with van der Waals surface area (Å²) in [6.45, 7) is 1.43. The van der Waals surface area contributed by atoms with E-state index in [1.807, 2.05) is 0 Å². The van der Waals surface area contributed by atoms with Gasteiger partial charge in [-0.3, -0.25) is 9.00 Å². The smallest absolute Gasteiger partial charge is 0.181 e. The van der Waals surface area contributed by atoms with Crippen LogP contribution in [0.25, 0.3) is 0 Å². The van der Waals surface area contributed by atoms with Crippen LogP contribution in [0.2, 0.25) is 5.02 Å². The average molecular weight is 329 g/mol. The van der Waals surface area contributed by atoms with Gasteiger partial charge >= 0.3 is 0 Å². The zero-order chi connectivity index (χ0) is 15.6. The van der Waals surface area contributed by atoms with E-state index in [1.54, 1.807) is 18.2 Å². The lowest BCUT2D eigenvalue weighted by Gasteiger charge is -2.11. The third-order valence-electron chi connectivity index (χ3n) is 2.92. The van der Waals surface area contributed by atoms with Crippen molar-refractivity contribution in [3.05, 3.63) is 64.7 Å². The predicted molar refractivity (Wildman–Crippen MR) is 78.0 cm³/mol. The lowest BCUT2D eigenvalue weighted by atomic mass is 10.1. The SMILES string of the molecule is CC(C(=O)c1ccc(F)cc1F)S(=O)c1cccc(Cl)c1. The van der Waals surface area contributed by atoms with Crippen LogP contribution in [0.3, 0.4) is 0 Å². The topological polar surface area (TPSA) is 34.1 Å². The first-order valence-electron chi connectivity index (χ1n) is 6.05. The molecule has 6 heteroatoms. The van der Waals surface area contributed by atoms with Gasteiger partial charge in [-0.1, -0.05) is 17.7 Å². The van der Waals surface area contributed by atoms with Crippen LogP contribution in [0.1, 0.15) is 17.3 Å². The number of rotatable bonds is 4. The molecule has 0 aliphatic heterocycles. The molecule has 2 aromatic rings. The zero-order valence-electron chi connectivity index (χ0n) is 11.0. The molecule has 0 aromatic heterocycles. The molecule has 0 N–H and O–H groups in total. The normalized spacial score (nSPS) is 13.7. The van der Waals surface area contributed by atoms with Gasteiger partial charge in [0.25, 0.3) is 0 Å². The van der Waals surface area contributed by atoms with Crippen LogP contribution in [0.15, 0.2) is 47.4 Å². The van der Waals surface area contributed by atoms with Gasteiger partial charge in [-0.25, -0.2) is 8.78 Å². The Morgan fingerprint density at radius 2 is 1.90 bits per heavy atom. The minimum Gasteiger partial charge on any atom is -0.293 e. The van der Waals surface area contributed by atoms with E-state index in [9.17, 15) is 17.8 Å². The summed E-state index contributed by atoms with van der Waals surface area (Å²) in [5.41, 5.74) is -0.278. The minimum absolute atomic E-state index is 0.278. The molecule has 110 valence electrons. The summed E-state index contributed by atoms with van der Waals surface area (Å²) in [5, 5.41) is -0.572. The van der Waals surface area contributed by atoms with Gasteiger partial charge in [0.1, 0.15) is 11.6 Å². The van der Waals surface area contributed by atoms with Crippen molar-refractivity contribution in [1.29, 1.82) is 0 Å². The maximum absolute atomic E-state index is 13.6. The summed E-state index contributed by atoms with van der Waals surface area (Å²) < 4.78 is 38.8. The van der Waals surface area contributed by atoms with Crippen molar-refractivity contribution < 1.29 is 17.8 Å². The molecule has 0 spiro atoms. The van der Waals surface area contributed by atoms with E-state index in [2.05, 4.69) is 0 Å². The number of ketones is 1. The van der Waals surface area contributed by atoms with Crippen molar-refractivity contribution in [2.45, 2.75) is 17.1 Å². The van der Waals surface area contributed by atoms with Crippen LogP contribution in [-0.4, -0.2) is 15.2 Å². The van der Waals surface area contributed by atoms with E-state index in [0.717, 1.165) is 12.1 Å². The van der Waals surface area contributed by atoms with Crippen LogP contribution in [0.4, 0.5) is 8.78 Å². The highest BCUT2D eigenvalue weighted by molar-refractivity contribution is 7.86. The molecular weight excluding hydrogens is 318 g/mol. The minimum atomic E-state index is -1.68. The van der Waals surface area contributed by atoms with Crippen molar-refractivity contribution in [1.82, 2.24) is 0 Å². The summed E-state index contributed by atoms with van der Waals surface area (Å²) in [6.07, 6.45) is 0. The van der Waals surface area contributed by atoms with Crippen molar-refractivity contribution in [3.8, 4) is 0 Å². The molecule has 21 heavy (non-hydrogen) atoms. The zero-order valence-corrected chi connectivity index (χ0v) is 12.5. The summed E-state index contributed by atoms with van der Waals surface area (Å²) in [6, 6.07) is 8.97. The standard InChI is InChI=1S/C15H11ClF2O2S/c1-9(21(20)12-4-2-3-10(16)7-12)15(19)13-6-5-11(17)8-14(13)18/h2-9H,1H3. The fourth-order valence-electron chi connectivity index (χ4n) is 1.80. The van der Waals surface area contributed by atoms with Crippen molar-refractivity contribution in [2.75, 3.05) is 0 Å². The fourth-order valence-corrected chi connectivity index (χ4v) is 3.24. The number of carbonyl (C=O) groups excluding carboxylic acids is 1. The van der Waals surface area contributed by atoms with Crippen molar-refractivity contribution >= 4 is 28.2 Å². The number of carbonyl (C=O) groups is 1. The lowest BCUT2D eigenvalue weighted by molar-refractivity contribution is 0.0988. The summed E-state index contributed by atoms with van der Waals surface area (Å²) in [5.74, 6) is -2.38. The van der Waals surface area contributed by atoms with Gasteiger partial charge in [0.15, 0.2) is 5.78 Å². The van der Waals surface area contributed by atoms with Gasteiger partial charge < -0.3 is 0 Å². The van der Waals surface area contributed by atoms with Crippen molar-refractivity contribution in [3.63, 3.8) is 0 Å². The largest absolute Gasteiger partial charge is 0.293 e. The Balaban J connectivity index is 2.28. The van der Waals surface area contributed by atoms with Gasteiger partial charge in [0.05, 0.1) is 21.6 Å². The van der Waals surface area contributed by atoms with Crippen LogP contribution in [0, 0.1) is 11.6 Å². The molecule has 2 nitrogen and oxygen atoms in total. The van der Waals surface area contributed by atoms with E-state index in [-0.39, 0.29) is 5.56 Å². The van der Waals surface area contributed by atoms with E-state index < -0.39 is 33.5 Å². The molecule has 0 heterocycles. The second-order valence-corrected chi connectivity index (χ2v) is 6.60. The first-order valence-corrected chi connectivity index (χ1v) is 7.64. The molecule has 2 atom stereocenters. The number of Topliss-reactive ketones (excluding diaryl/α,β-unsaturated/α-hetero) is 1. The molecule has 0 amide bonds. The monoisotopic (exact) mass is 328 g/mol. The Labute approximate surface area is 128 Å². The molecule has 0 aliphatic rings. The molecular formula is C15H11ClF2O2S. The maximum Gasteiger partial charge on any atom is 0.181 e. The maximum atomic E-state index is 13.6. The molecule has 2 unspecified atom stereocenters. The van der Waals surface area contributed by atoms with Gasteiger partial charge in [0.2, 0.25) is 0 Å². The van der Waals surface area contributed by atoms with E-state index in [0.29, 0.717) is 16.0 Å². The van der Waals surface area contributed by atoms with Crippen LogP contribution in [0.5, 0.6) is 0 Å². The summed E-state index contributed by atoms with van der Waals surface area (Å²) in [7, 11) is -1.68. The Morgan fingerprint density at radius 3 is 2.52 bits per heavy atom. The van der Waals surface area contributed by atoms with E-state index in [4.69, 9.17) is 11.6 Å². The molecule has 0 saturated heterocycles. The van der Waals surface area contributed by atoms with Crippen LogP contribution >= 0.6 is 11.6 Å². The highest BCUT2D eigenvalue weighted by Gasteiger charge is 2.25. The van der Waals surface area contributed by atoms with E-state index in [1.165, 1.54) is 13.0 Å². The first kappa shape index (κ1) is 15.8. The summed E-state index contributed by atoms with van der Waals surface area (Å²) in [4.78, 5) is 12.6. The van der Waals surface area contributed by atoms with Gasteiger partial charge in [0, 0.05) is 16.0 Å². The van der Waals surface area contributed by atoms with Gasteiger partial charge in [-0.2, -0.15) is 0 Å². The number of hydrogen-bond donors (Lipinski definition) is 0. The highest BCUT2D eigenvalue weighted by atomic mass is 35.5. The fraction of sp³-hybridized carbons (Fsp3) is 0.133. The molecule has 0 radical (unpaired) electrons. The quantitative estimate of drug-likeness (QED) is 0.795. The molecule has 2 aromatic carbocycles. The second kappa shape index (κ2) is 6.45.